The van der Waals surface area contributed by atoms with Gasteiger partial charge in [0.15, 0.2) is 0 Å². The van der Waals surface area contributed by atoms with Gasteiger partial charge in [-0.15, -0.1) is 0 Å². The van der Waals surface area contributed by atoms with E-state index in [0.29, 0.717) is 5.41 Å². The lowest BCUT2D eigenvalue weighted by Crippen LogP contribution is -2.28. The third-order valence-electron chi connectivity index (χ3n) is 3.79. The predicted molar refractivity (Wildman–Crippen MR) is 98.3 cm³/mol. The number of nitrogens with one attached hydrogen (secondary N) is 2. The molecule has 0 aliphatic heterocycles. The van der Waals surface area contributed by atoms with Crippen LogP contribution in [0.4, 0.5) is 5.69 Å². The molecule has 0 atom stereocenters. The van der Waals surface area contributed by atoms with Crippen LogP contribution in [-0.4, -0.2) is 13.1 Å². The standard InChI is InChI=1S/C17H29IN2/c1-5-7-10-20-16-9-8-15(18)11-14(16)12-19-13-17(3,4)6-2/h8-9,11,19-20H,5-7,10,12-13H2,1-4H3. The molecular formula is C17H29IN2. The molecule has 1 aromatic carbocycles. The van der Waals surface area contributed by atoms with Crippen molar-refractivity contribution in [2.24, 2.45) is 5.41 Å². The quantitative estimate of drug-likeness (QED) is 0.458. The molecule has 0 aromatic heterocycles. The molecule has 0 unspecified atom stereocenters. The van der Waals surface area contributed by atoms with Gasteiger partial charge >= 0.3 is 0 Å². The minimum Gasteiger partial charge on any atom is -0.385 e. The van der Waals surface area contributed by atoms with Gasteiger partial charge in [0, 0.05) is 28.9 Å². The van der Waals surface area contributed by atoms with Gasteiger partial charge in [0.2, 0.25) is 0 Å². The summed E-state index contributed by atoms with van der Waals surface area (Å²) in [6.07, 6.45) is 3.66. The summed E-state index contributed by atoms with van der Waals surface area (Å²) in [5.41, 5.74) is 3.03. The van der Waals surface area contributed by atoms with Gasteiger partial charge in [-0.3, -0.25) is 0 Å². The molecule has 0 bridgehead atoms. The van der Waals surface area contributed by atoms with E-state index in [1.54, 1.807) is 0 Å². The van der Waals surface area contributed by atoms with Crippen molar-refractivity contribution in [3.8, 4) is 0 Å². The van der Waals surface area contributed by atoms with Crippen LogP contribution in [0.15, 0.2) is 18.2 Å². The van der Waals surface area contributed by atoms with E-state index in [2.05, 4.69) is 79.1 Å². The van der Waals surface area contributed by atoms with Gasteiger partial charge in [0.05, 0.1) is 0 Å². The lowest BCUT2D eigenvalue weighted by molar-refractivity contribution is 0.328. The lowest BCUT2D eigenvalue weighted by Gasteiger charge is -2.23. The zero-order valence-electron chi connectivity index (χ0n) is 13.4. The molecule has 0 aliphatic carbocycles. The Morgan fingerprint density at radius 2 is 1.95 bits per heavy atom. The Hall–Kier alpha value is -0.290. The van der Waals surface area contributed by atoms with E-state index in [9.17, 15) is 0 Å². The molecule has 114 valence electrons. The molecule has 0 spiro atoms. The first-order valence-electron chi connectivity index (χ1n) is 7.71. The van der Waals surface area contributed by atoms with Crippen molar-refractivity contribution >= 4 is 28.3 Å². The fraction of sp³-hybridized carbons (Fsp3) is 0.647. The van der Waals surface area contributed by atoms with E-state index in [4.69, 9.17) is 0 Å². The van der Waals surface area contributed by atoms with Crippen LogP contribution >= 0.6 is 22.6 Å². The van der Waals surface area contributed by atoms with Crippen LogP contribution < -0.4 is 10.6 Å². The van der Waals surface area contributed by atoms with Crippen molar-refractivity contribution < 1.29 is 0 Å². The second-order valence-electron chi connectivity index (χ2n) is 6.20. The number of rotatable bonds is 9. The highest BCUT2D eigenvalue weighted by Crippen LogP contribution is 2.21. The number of hydrogen-bond donors (Lipinski definition) is 2. The minimum atomic E-state index is 0.373. The topological polar surface area (TPSA) is 24.1 Å². The predicted octanol–water partition coefficient (Wildman–Crippen LogP) is 5.03. The maximum Gasteiger partial charge on any atom is 0.0386 e. The van der Waals surface area contributed by atoms with Crippen molar-refractivity contribution in [1.29, 1.82) is 0 Å². The Bertz CT molecular complexity index is 402. The molecule has 20 heavy (non-hydrogen) atoms. The molecule has 0 fully saturated rings. The van der Waals surface area contributed by atoms with Gasteiger partial charge in [-0.1, -0.05) is 34.1 Å². The Balaban J connectivity index is 2.60. The maximum atomic E-state index is 3.61. The van der Waals surface area contributed by atoms with E-state index in [0.717, 1.165) is 19.6 Å². The third kappa shape index (κ3) is 6.44. The van der Waals surface area contributed by atoms with Crippen molar-refractivity contribution in [3.63, 3.8) is 0 Å². The summed E-state index contributed by atoms with van der Waals surface area (Å²) in [5, 5.41) is 7.17. The van der Waals surface area contributed by atoms with Crippen molar-refractivity contribution in [1.82, 2.24) is 5.32 Å². The zero-order chi connectivity index (χ0) is 15.0. The molecule has 0 saturated heterocycles. The van der Waals surface area contributed by atoms with Gasteiger partial charge in [-0.05, 0) is 64.6 Å². The van der Waals surface area contributed by atoms with Gasteiger partial charge in [-0.25, -0.2) is 0 Å². The Morgan fingerprint density at radius 3 is 2.60 bits per heavy atom. The van der Waals surface area contributed by atoms with Crippen LogP contribution in [0.1, 0.15) is 52.5 Å². The number of halogens is 1. The second-order valence-corrected chi connectivity index (χ2v) is 7.45. The van der Waals surface area contributed by atoms with E-state index < -0.39 is 0 Å². The smallest absolute Gasteiger partial charge is 0.0386 e. The summed E-state index contributed by atoms with van der Waals surface area (Å²) in [7, 11) is 0. The highest BCUT2D eigenvalue weighted by atomic mass is 127. The molecular weight excluding hydrogens is 359 g/mol. The summed E-state index contributed by atoms with van der Waals surface area (Å²) in [4.78, 5) is 0. The van der Waals surface area contributed by atoms with Gasteiger partial charge < -0.3 is 10.6 Å². The highest BCUT2D eigenvalue weighted by molar-refractivity contribution is 14.1. The van der Waals surface area contributed by atoms with Gasteiger partial charge in [0.25, 0.3) is 0 Å². The van der Waals surface area contributed by atoms with Crippen LogP contribution in [0.3, 0.4) is 0 Å². The van der Waals surface area contributed by atoms with E-state index >= 15 is 0 Å². The molecule has 0 radical (unpaired) electrons. The Morgan fingerprint density at radius 1 is 1.20 bits per heavy atom. The van der Waals surface area contributed by atoms with E-state index in [1.165, 1.54) is 34.1 Å². The van der Waals surface area contributed by atoms with Gasteiger partial charge in [0.1, 0.15) is 0 Å². The van der Waals surface area contributed by atoms with E-state index in [-0.39, 0.29) is 0 Å². The van der Waals surface area contributed by atoms with Crippen LogP contribution in [0.5, 0.6) is 0 Å². The van der Waals surface area contributed by atoms with Crippen LogP contribution in [0.2, 0.25) is 0 Å². The fourth-order valence-electron chi connectivity index (χ4n) is 1.94. The minimum absolute atomic E-state index is 0.373. The molecule has 0 aliphatic rings. The Kier molecular flexibility index (Phi) is 7.88. The summed E-state index contributed by atoms with van der Waals surface area (Å²) in [6.45, 7) is 12.2. The van der Waals surface area contributed by atoms with Crippen LogP contribution in [0.25, 0.3) is 0 Å². The summed E-state index contributed by atoms with van der Waals surface area (Å²) < 4.78 is 1.30. The number of hydrogen-bond acceptors (Lipinski definition) is 2. The zero-order valence-corrected chi connectivity index (χ0v) is 15.5. The third-order valence-corrected chi connectivity index (χ3v) is 4.46. The molecule has 0 heterocycles. The molecule has 2 nitrogen and oxygen atoms in total. The van der Waals surface area contributed by atoms with Crippen molar-refractivity contribution in [2.45, 2.75) is 53.5 Å². The molecule has 2 N–H and O–H groups in total. The summed E-state index contributed by atoms with van der Waals surface area (Å²) in [6, 6.07) is 6.66. The molecule has 3 heteroatoms. The van der Waals surface area contributed by atoms with Crippen LogP contribution in [-0.2, 0) is 6.54 Å². The second kappa shape index (κ2) is 8.88. The molecule has 0 saturated carbocycles. The average Bonchev–Trinajstić information content (AvgIpc) is 2.41. The lowest BCUT2D eigenvalue weighted by atomic mass is 9.90. The Labute approximate surface area is 138 Å². The monoisotopic (exact) mass is 388 g/mol. The summed E-state index contributed by atoms with van der Waals surface area (Å²) >= 11 is 2.39. The number of unbranched alkanes of at least 4 members (excludes halogenated alkanes) is 1. The highest BCUT2D eigenvalue weighted by Gasteiger charge is 2.14. The van der Waals surface area contributed by atoms with Gasteiger partial charge in [-0.2, -0.15) is 0 Å². The van der Waals surface area contributed by atoms with Crippen molar-refractivity contribution in [3.05, 3.63) is 27.3 Å². The van der Waals surface area contributed by atoms with Crippen LogP contribution in [0, 0.1) is 8.99 Å². The first-order valence-corrected chi connectivity index (χ1v) is 8.79. The number of benzene rings is 1. The first kappa shape index (κ1) is 17.8. The fourth-order valence-corrected chi connectivity index (χ4v) is 2.50. The van der Waals surface area contributed by atoms with Crippen molar-refractivity contribution in [2.75, 3.05) is 18.4 Å². The summed E-state index contributed by atoms with van der Waals surface area (Å²) in [5.74, 6) is 0. The largest absolute Gasteiger partial charge is 0.385 e. The molecule has 0 amide bonds. The first-order chi connectivity index (χ1) is 9.48. The average molecular weight is 388 g/mol. The number of anilines is 1. The normalized spacial score (nSPS) is 11.7. The SMILES string of the molecule is CCCCNc1ccc(I)cc1CNCC(C)(C)CC. The molecule has 1 aromatic rings. The molecule has 1 rings (SSSR count). The maximum absolute atomic E-state index is 3.61. The van der Waals surface area contributed by atoms with E-state index in [1.807, 2.05) is 0 Å².